The molecule has 0 radical (unpaired) electrons. The largest absolute Gasteiger partial charge is 0.417 e. The van der Waals surface area contributed by atoms with Crippen LogP contribution in [0.4, 0.5) is 13.2 Å². The van der Waals surface area contributed by atoms with E-state index in [9.17, 15) is 18.0 Å². The Labute approximate surface area is 127 Å². The van der Waals surface area contributed by atoms with Crippen molar-refractivity contribution in [3.8, 4) is 0 Å². The molecule has 0 saturated heterocycles. The van der Waals surface area contributed by atoms with Gasteiger partial charge in [-0.1, -0.05) is 11.6 Å². The van der Waals surface area contributed by atoms with E-state index in [1.807, 2.05) is 0 Å². The maximum atomic E-state index is 12.5. The lowest BCUT2D eigenvalue weighted by molar-refractivity contribution is -0.137. The highest BCUT2D eigenvalue weighted by atomic mass is 35.5. The summed E-state index contributed by atoms with van der Waals surface area (Å²) in [7, 11) is 1.63. The number of aromatic nitrogens is 3. The quantitative estimate of drug-likeness (QED) is 0.801. The Kier molecular flexibility index (Phi) is 4.29. The molecule has 112 valence electrons. The summed E-state index contributed by atoms with van der Waals surface area (Å²) in [4.78, 5) is 14.8. The van der Waals surface area contributed by atoms with E-state index in [-0.39, 0.29) is 10.0 Å². The molecule has 21 heavy (non-hydrogen) atoms. The van der Waals surface area contributed by atoms with Gasteiger partial charge in [-0.3, -0.25) is 9.48 Å². The third-order valence-corrected chi connectivity index (χ3v) is 4.26. The maximum absolute atomic E-state index is 12.5. The molecule has 0 N–H and O–H groups in total. The van der Waals surface area contributed by atoms with Gasteiger partial charge < -0.3 is 0 Å². The van der Waals surface area contributed by atoms with Gasteiger partial charge in [-0.2, -0.15) is 18.3 Å². The molecule has 2 heterocycles. The number of carbonyl (C=O) groups excluding carboxylic acids is 1. The zero-order valence-electron chi connectivity index (χ0n) is 10.9. The second kappa shape index (κ2) is 5.69. The number of halogens is 4. The molecular weight excluding hydrogens is 327 g/mol. The minimum absolute atomic E-state index is 0.134. The van der Waals surface area contributed by atoms with Crippen LogP contribution in [0.15, 0.2) is 22.3 Å². The first-order valence-corrected chi connectivity index (χ1v) is 6.83. The summed E-state index contributed by atoms with van der Waals surface area (Å²) in [6, 6.07) is 0.806. The first-order chi connectivity index (χ1) is 9.74. The molecule has 0 spiro atoms. The smallest absolute Gasteiger partial charge is 0.298 e. The van der Waals surface area contributed by atoms with Gasteiger partial charge in [0.05, 0.1) is 21.8 Å². The van der Waals surface area contributed by atoms with Crippen molar-refractivity contribution in [1.82, 2.24) is 14.8 Å². The van der Waals surface area contributed by atoms with Gasteiger partial charge in [-0.05, 0) is 24.8 Å². The second-order valence-corrected chi connectivity index (χ2v) is 5.54. The highest BCUT2D eigenvalue weighted by molar-refractivity contribution is 7.99. The zero-order chi connectivity index (χ0) is 15.8. The van der Waals surface area contributed by atoms with Crippen LogP contribution in [0.2, 0.25) is 5.02 Å². The number of nitrogens with zero attached hydrogens (tertiary/aromatic N) is 3. The summed E-state index contributed by atoms with van der Waals surface area (Å²) in [5.41, 5.74) is -0.0352. The van der Waals surface area contributed by atoms with Crippen molar-refractivity contribution >= 4 is 29.6 Å². The Balaban J connectivity index is 2.39. The van der Waals surface area contributed by atoms with Gasteiger partial charge in [-0.25, -0.2) is 4.98 Å². The van der Waals surface area contributed by atoms with Crippen LogP contribution in [0.3, 0.4) is 0 Å². The summed E-state index contributed by atoms with van der Waals surface area (Å²) in [6.07, 6.45) is -3.16. The van der Waals surface area contributed by atoms with Crippen LogP contribution in [0.1, 0.15) is 21.6 Å². The summed E-state index contributed by atoms with van der Waals surface area (Å²) in [5, 5.41) is 4.59. The van der Waals surface area contributed by atoms with E-state index in [0.717, 1.165) is 17.8 Å². The molecule has 9 heteroatoms. The van der Waals surface area contributed by atoms with Crippen LogP contribution in [-0.4, -0.2) is 21.1 Å². The number of carbonyl (C=O) groups is 1. The molecule has 2 rings (SSSR count). The summed E-state index contributed by atoms with van der Waals surface area (Å²) >= 11 is 6.83. The third kappa shape index (κ3) is 3.21. The molecule has 0 bridgehead atoms. The fourth-order valence-corrected chi connectivity index (χ4v) is 2.86. The van der Waals surface area contributed by atoms with Gasteiger partial charge in [0.15, 0.2) is 6.29 Å². The van der Waals surface area contributed by atoms with Gasteiger partial charge in [0, 0.05) is 13.2 Å². The lowest BCUT2D eigenvalue weighted by Crippen LogP contribution is -2.05. The first-order valence-electron chi connectivity index (χ1n) is 5.63. The Morgan fingerprint density at radius 3 is 2.62 bits per heavy atom. The number of aldehydes is 1. The standard InChI is InChI=1S/C12H9ClF3N3OS/c1-6-8(5-20)11(19(2)18-6)21-10-9(13)3-7(4-17-10)12(14,15)16/h3-5H,1-2H3. The van der Waals surface area contributed by atoms with Crippen LogP contribution >= 0.6 is 23.4 Å². The average Bonchev–Trinajstić information content (AvgIpc) is 2.64. The SMILES string of the molecule is Cc1nn(C)c(Sc2ncc(C(F)(F)F)cc2Cl)c1C=O. The van der Waals surface area contributed by atoms with Crippen LogP contribution in [0.5, 0.6) is 0 Å². The minimum atomic E-state index is -4.50. The van der Waals surface area contributed by atoms with Crippen LogP contribution in [0, 0.1) is 6.92 Å². The minimum Gasteiger partial charge on any atom is -0.298 e. The van der Waals surface area contributed by atoms with Crippen molar-refractivity contribution in [2.45, 2.75) is 23.2 Å². The first kappa shape index (κ1) is 15.8. The summed E-state index contributed by atoms with van der Waals surface area (Å²) < 4.78 is 39.1. The van der Waals surface area contributed by atoms with E-state index in [0.29, 0.717) is 28.8 Å². The zero-order valence-corrected chi connectivity index (χ0v) is 12.5. The van der Waals surface area contributed by atoms with E-state index in [1.165, 1.54) is 4.68 Å². The van der Waals surface area contributed by atoms with Gasteiger partial charge in [0.1, 0.15) is 10.1 Å². The molecule has 0 atom stereocenters. The highest BCUT2D eigenvalue weighted by Crippen LogP contribution is 2.37. The summed E-state index contributed by atoms with van der Waals surface area (Å²) in [5.74, 6) is 0. The molecular formula is C12H9ClF3N3OS. The van der Waals surface area contributed by atoms with E-state index in [4.69, 9.17) is 11.6 Å². The number of hydrogen-bond donors (Lipinski definition) is 0. The van der Waals surface area contributed by atoms with Gasteiger partial charge in [-0.15, -0.1) is 0 Å². The van der Waals surface area contributed by atoms with Crippen LogP contribution < -0.4 is 0 Å². The number of aryl methyl sites for hydroxylation is 2. The van der Waals surface area contributed by atoms with E-state index < -0.39 is 11.7 Å². The van der Waals surface area contributed by atoms with E-state index in [1.54, 1.807) is 14.0 Å². The van der Waals surface area contributed by atoms with Crippen molar-refractivity contribution < 1.29 is 18.0 Å². The predicted octanol–water partition coefficient (Wildman–Crippen LogP) is 3.76. The summed E-state index contributed by atoms with van der Waals surface area (Å²) in [6.45, 7) is 1.66. The Bertz CT molecular complexity index is 700. The fraction of sp³-hybridized carbons (Fsp3) is 0.250. The van der Waals surface area contributed by atoms with Gasteiger partial charge in [0.25, 0.3) is 0 Å². The number of pyridine rings is 1. The topological polar surface area (TPSA) is 47.8 Å². The Morgan fingerprint density at radius 2 is 2.10 bits per heavy atom. The Morgan fingerprint density at radius 1 is 1.43 bits per heavy atom. The molecule has 2 aromatic rings. The Hall–Kier alpha value is -1.54. The molecule has 0 saturated carbocycles. The van der Waals surface area contributed by atoms with Crippen molar-refractivity contribution in [3.05, 3.63) is 34.1 Å². The number of hydrogen-bond acceptors (Lipinski definition) is 4. The average molecular weight is 336 g/mol. The molecule has 0 unspecified atom stereocenters. The second-order valence-electron chi connectivity index (χ2n) is 4.16. The highest BCUT2D eigenvalue weighted by Gasteiger charge is 2.31. The predicted molar refractivity (Wildman–Crippen MR) is 71.7 cm³/mol. The van der Waals surface area contributed by atoms with Crippen molar-refractivity contribution in [2.75, 3.05) is 0 Å². The monoisotopic (exact) mass is 335 g/mol. The normalized spacial score (nSPS) is 11.7. The fourth-order valence-electron chi connectivity index (χ4n) is 1.66. The van der Waals surface area contributed by atoms with Crippen molar-refractivity contribution in [2.24, 2.45) is 7.05 Å². The third-order valence-electron chi connectivity index (χ3n) is 2.66. The molecule has 0 aliphatic heterocycles. The van der Waals surface area contributed by atoms with Crippen LogP contribution in [0.25, 0.3) is 0 Å². The molecule has 4 nitrogen and oxygen atoms in total. The molecule has 2 aromatic heterocycles. The molecule has 0 fully saturated rings. The van der Waals surface area contributed by atoms with E-state index >= 15 is 0 Å². The van der Waals surface area contributed by atoms with Gasteiger partial charge in [0.2, 0.25) is 0 Å². The lowest BCUT2D eigenvalue weighted by Gasteiger charge is -2.09. The number of alkyl halides is 3. The molecule has 0 aliphatic carbocycles. The maximum Gasteiger partial charge on any atom is 0.417 e. The molecule has 0 aromatic carbocycles. The van der Waals surface area contributed by atoms with E-state index in [2.05, 4.69) is 10.1 Å². The lowest BCUT2D eigenvalue weighted by atomic mass is 10.3. The van der Waals surface area contributed by atoms with Crippen molar-refractivity contribution in [3.63, 3.8) is 0 Å². The van der Waals surface area contributed by atoms with Gasteiger partial charge >= 0.3 is 6.18 Å². The molecule has 0 aliphatic rings. The van der Waals surface area contributed by atoms with Crippen LogP contribution in [-0.2, 0) is 13.2 Å². The molecule has 0 amide bonds. The van der Waals surface area contributed by atoms with Crippen molar-refractivity contribution in [1.29, 1.82) is 0 Å². The number of rotatable bonds is 3.